The van der Waals surface area contributed by atoms with Crippen LogP contribution in [0.3, 0.4) is 0 Å². The van der Waals surface area contributed by atoms with E-state index in [1.807, 2.05) is 13.8 Å². The van der Waals surface area contributed by atoms with Crippen LogP contribution >= 0.6 is 23.5 Å². The number of ether oxygens (including phenoxy) is 1. The third-order valence-corrected chi connectivity index (χ3v) is 13.8. The molecular weight excluding hydrogens is 761 g/mol. The fourth-order valence-electron chi connectivity index (χ4n) is 7.27. The molecule has 3 aliphatic rings. The summed E-state index contributed by atoms with van der Waals surface area (Å²) in [5.74, 6) is -3.57. The van der Waals surface area contributed by atoms with Crippen molar-refractivity contribution in [1.82, 2.24) is 31.1 Å². The van der Waals surface area contributed by atoms with Gasteiger partial charge in [0.15, 0.2) is 0 Å². The molecule has 1 aromatic carbocycles. The summed E-state index contributed by atoms with van der Waals surface area (Å²) in [4.78, 5) is 97.1. The van der Waals surface area contributed by atoms with E-state index in [0.29, 0.717) is 17.7 Å². The first-order valence-electron chi connectivity index (χ1n) is 19.5. The maximum absolute atomic E-state index is 14.6. The molecule has 4 rings (SSSR count). The minimum Gasteiger partial charge on any atom is -0.449 e. The minimum atomic E-state index is -1.25. The zero-order valence-electron chi connectivity index (χ0n) is 33.0. The van der Waals surface area contributed by atoms with Gasteiger partial charge in [-0.2, -0.15) is 0 Å². The van der Waals surface area contributed by atoms with Crippen molar-refractivity contribution in [2.45, 2.75) is 106 Å². The average molecular weight is 819 g/mol. The van der Waals surface area contributed by atoms with Crippen molar-refractivity contribution in [3.63, 3.8) is 0 Å². The number of thioether (sulfide) groups is 2. The van der Waals surface area contributed by atoms with Gasteiger partial charge in [0.25, 0.3) is 5.91 Å². The maximum atomic E-state index is 14.6. The van der Waals surface area contributed by atoms with Crippen molar-refractivity contribution >= 4 is 64.9 Å². The van der Waals surface area contributed by atoms with E-state index in [-0.39, 0.29) is 55.6 Å². The Bertz CT molecular complexity index is 1560. The standard InChI is InChI=1S/C39H58N6O9S2/c1-6-13-28(33(48)35(50)40-19-30(47)42-31(36(51)44(4)5)25-14-9-7-10-15-25)41-34(49)29-18-39(55-22-27(20-46)56-39)23-45(29)37(52)32(26-16-11-8-12-17-26)43-38(53)54-21-24(2)3/h7,9-10,14-15,24,26-29,31-32,46H,6,8,11-13,16-23H2,1-5H3,(H,40,50)(H,41,49)(H,42,47)(H,43,53). The molecular formula is C39H58N6O9S2. The summed E-state index contributed by atoms with van der Waals surface area (Å²) in [7, 11) is 3.11. The van der Waals surface area contributed by atoms with Crippen LogP contribution in [0, 0.1) is 11.8 Å². The fraction of sp³-hybridized carbons (Fsp3) is 0.667. The van der Waals surface area contributed by atoms with Crippen LogP contribution < -0.4 is 21.3 Å². The van der Waals surface area contributed by atoms with E-state index in [2.05, 4.69) is 21.3 Å². The quantitative estimate of drug-likeness (QED) is 0.145. The Morgan fingerprint density at radius 2 is 1.70 bits per heavy atom. The van der Waals surface area contributed by atoms with Gasteiger partial charge in [0.2, 0.25) is 29.4 Å². The number of benzene rings is 1. The van der Waals surface area contributed by atoms with Crippen LogP contribution in [-0.4, -0.2) is 130 Å². The molecule has 1 spiro atoms. The Labute approximate surface area is 337 Å². The van der Waals surface area contributed by atoms with E-state index in [1.165, 1.54) is 21.6 Å². The summed E-state index contributed by atoms with van der Waals surface area (Å²) in [6.07, 6.45) is 4.38. The van der Waals surface area contributed by atoms with Gasteiger partial charge in [0, 0.05) is 38.1 Å². The van der Waals surface area contributed by atoms with E-state index < -0.39 is 70.3 Å². The van der Waals surface area contributed by atoms with Gasteiger partial charge in [-0.3, -0.25) is 28.8 Å². The Hall–Kier alpha value is -3.83. The summed E-state index contributed by atoms with van der Waals surface area (Å²) in [5, 5.41) is 20.4. The molecule has 1 aromatic rings. The molecule has 6 unspecified atom stereocenters. The lowest BCUT2D eigenvalue weighted by Crippen LogP contribution is -2.58. The highest BCUT2D eigenvalue weighted by Gasteiger charge is 2.55. The number of nitrogens with zero attached hydrogens (tertiary/aromatic N) is 2. The predicted octanol–water partition coefficient (Wildman–Crippen LogP) is 2.37. The highest BCUT2D eigenvalue weighted by molar-refractivity contribution is 8.21. The van der Waals surface area contributed by atoms with Crippen LogP contribution in [0.25, 0.3) is 0 Å². The molecule has 1 aliphatic carbocycles. The second-order valence-corrected chi connectivity index (χ2v) is 18.7. The number of likely N-dealkylation sites (N-methyl/N-ethyl adjacent to an activating group) is 1. The number of ketones is 1. The minimum absolute atomic E-state index is 0.0583. The first-order chi connectivity index (χ1) is 26.7. The number of carbonyl (C=O) groups is 7. The lowest BCUT2D eigenvalue weighted by molar-refractivity contribution is -0.143. The molecule has 5 N–H and O–H groups in total. The molecule has 1 saturated carbocycles. The summed E-state index contributed by atoms with van der Waals surface area (Å²) >= 11 is 3.10. The second-order valence-electron chi connectivity index (χ2n) is 15.4. The Balaban J connectivity index is 1.49. The molecule has 2 saturated heterocycles. The Kier molecular flexibility index (Phi) is 16.9. The normalized spacial score (nSPS) is 22.5. The Morgan fingerprint density at radius 3 is 2.30 bits per heavy atom. The molecule has 17 heteroatoms. The highest BCUT2D eigenvalue weighted by Crippen LogP contribution is 2.55. The van der Waals surface area contributed by atoms with Crippen LogP contribution in [0.1, 0.15) is 83.7 Å². The van der Waals surface area contributed by atoms with Gasteiger partial charge in [-0.1, -0.05) is 76.8 Å². The number of amides is 6. The van der Waals surface area contributed by atoms with Crippen LogP contribution in [0.5, 0.6) is 0 Å². The number of hydrogen-bond acceptors (Lipinski definition) is 11. The van der Waals surface area contributed by atoms with Crippen LogP contribution in [0.4, 0.5) is 4.79 Å². The lowest BCUT2D eigenvalue weighted by atomic mass is 9.83. The molecule has 310 valence electrons. The SMILES string of the molecule is CCCC(NC(=O)C1CC2(CN1C(=O)C(NC(=O)OCC(C)C)C1CCCCC1)SCC(CO)S2)C(=O)C(=O)NCC(=O)NC(C(=O)N(C)C)c1ccccc1. The summed E-state index contributed by atoms with van der Waals surface area (Å²) in [6.45, 7) is 5.33. The first-order valence-corrected chi connectivity index (χ1v) is 21.4. The van der Waals surface area contributed by atoms with Crippen LogP contribution in [-0.2, 0) is 33.5 Å². The molecule has 6 amide bonds. The van der Waals surface area contributed by atoms with Gasteiger partial charge < -0.3 is 40.9 Å². The predicted molar refractivity (Wildman–Crippen MR) is 214 cm³/mol. The van der Waals surface area contributed by atoms with E-state index in [1.54, 1.807) is 63.1 Å². The van der Waals surface area contributed by atoms with Gasteiger partial charge in [0.05, 0.1) is 29.9 Å². The molecule has 0 radical (unpaired) electrons. The van der Waals surface area contributed by atoms with Crippen molar-refractivity contribution in [2.75, 3.05) is 46.2 Å². The van der Waals surface area contributed by atoms with Crippen molar-refractivity contribution < 1.29 is 43.4 Å². The molecule has 2 heterocycles. The maximum Gasteiger partial charge on any atom is 0.407 e. The number of aliphatic hydroxyl groups is 1. The second kappa shape index (κ2) is 21.1. The molecule has 2 aliphatic heterocycles. The van der Waals surface area contributed by atoms with Crippen molar-refractivity contribution in [3.8, 4) is 0 Å². The molecule has 0 bridgehead atoms. The summed E-state index contributed by atoms with van der Waals surface area (Å²) in [6, 6.07) is 4.41. The van der Waals surface area contributed by atoms with Crippen molar-refractivity contribution in [1.29, 1.82) is 0 Å². The van der Waals surface area contributed by atoms with Crippen molar-refractivity contribution in [3.05, 3.63) is 35.9 Å². The van der Waals surface area contributed by atoms with Gasteiger partial charge in [0.1, 0.15) is 18.1 Å². The number of nitrogens with one attached hydrogen (secondary N) is 4. The van der Waals surface area contributed by atoms with E-state index in [0.717, 1.165) is 32.1 Å². The van der Waals surface area contributed by atoms with Crippen LogP contribution in [0.2, 0.25) is 0 Å². The monoisotopic (exact) mass is 818 g/mol. The molecule has 0 aromatic heterocycles. The molecule has 3 fully saturated rings. The van der Waals surface area contributed by atoms with E-state index in [9.17, 15) is 38.7 Å². The number of rotatable bonds is 17. The fourth-order valence-corrected chi connectivity index (χ4v) is 10.9. The largest absolute Gasteiger partial charge is 0.449 e. The van der Waals surface area contributed by atoms with Gasteiger partial charge >= 0.3 is 6.09 Å². The van der Waals surface area contributed by atoms with E-state index in [4.69, 9.17) is 4.74 Å². The lowest BCUT2D eigenvalue weighted by Gasteiger charge is -2.34. The topological polar surface area (TPSA) is 204 Å². The van der Waals surface area contributed by atoms with Gasteiger partial charge in [-0.05, 0) is 36.7 Å². The number of hydrogen-bond donors (Lipinski definition) is 5. The third kappa shape index (κ3) is 12.1. The van der Waals surface area contributed by atoms with Crippen molar-refractivity contribution in [2.24, 2.45) is 11.8 Å². The number of carbonyl (C=O) groups excluding carboxylic acids is 7. The smallest absolute Gasteiger partial charge is 0.407 e. The zero-order chi connectivity index (χ0) is 41.0. The Morgan fingerprint density at radius 1 is 1.00 bits per heavy atom. The highest BCUT2D eigenvalue weighted by atomic mass is 32.2. The number of aliphatic hydroxyl groups excluding tert-OH is 1. The van der Waals surface area contributed by atoms with E-state index >= 15 is 0 Å². The number of Topliss-reactive ketones (excluding diaryl/α,β-unsaturated/α-hetero) is 1. The number of alkyl carbamates (subject to hydrolysis) is 1. The first kappa shape index (κ1) is 44.9. The van der Waals surface area contributed by atoms with Gasteiger partial charge in [-0.25, -0.2) is 4.79 Å². The zero-order valence-corrected chi connectivity index (χ0v) is 34.7. The third-order valence-electron chi connectivity index (χ3n) is 10.2. The molecule has 6 atom stereocenters. The van der Waals surface area contributed by atoms with Gasteiger partial charge in [-0.15, -0.1) is 23.5 Å². The summed E-state index contributed by atoms with van der Waals surface area (Å²) < 4.78 is 4.81. The summed E-state index contributed by atoms with van der Waals surface area (Å²) in [5.41, 5.74) is 0.544. The van der Waals surface area contributed by atoms with Crippen LogP contribution in [0.15, 0.2) is 30.3 Å². The molecule has 15 nitrogen and oxygen atoms in total. The molecule has 56 heavy (non-hydrogen) atoms. The average Bonchev–Trinajstić information content (AvgIpc) is 3.79. The number of likely N-dealkylation sites (tertiary alicyclic amines) is 1.